The maximum atomic E-state index is 13.1. The lowest BCUT2D eigenvalue weighted by Gasteiger charge is -2.30. The number of amides is 1. The smallest absolute Gasteiger partial charge is 0.253 e. The summed E-state index contributed by atoms with van der Waals surface area (Å²) in [5.74, 6) is -0.0358. The van der Waals surface area contributed by atoms with Crippen LogP contribution in [0.5, 0.6) is 0 Å². The third-order valence-corrected chi connectivity index (χ3v) is 5.47. The van der Waals surface area contributed by atoms with Gasteiger partial charge in [-0.05, 0) is 37.0 Å². The zero-order valence-electron chi connectivity index (χ0n) is 16.4. The number of aromatic nitrogens is 2. The summed E-state index contributed by atoms with van der Waals surface area (Å²) in [5.41, 5.74) is 3.92. The largest absolute Gasteiger partial charge is 0.383 e. The molecule has 7 nitrogen and oxygen atoms in total. The van der Waals surface area contributed by atoms with Gasteiger partial charge in [-0.1, -0.05) is 12.1 Å². The van der Waals surface area contributed by atoms with Crippen LogP contribution in [0, 0.1) is 0 Å². The van der Waals surface area contributed by atoms with Crippen molar-refractivity contribution in [2.45, 2.75) is 31.8 Å². The van der Waals surface area contributed by atoms with Crippen LogP contribution in [0.4, 0.5) is 5.69 Å². The first-order valence-corrected chi connectivity index (χ1v) is 10.0. The van der Waals surface area contributed by atoms with Crippen molar-refractivity contribution >= 4 is 11.6 Å². The van der Waals surface area contributed by atoms with E-state index in [4.69, 9.17) is 14.6 Å². The second-order valence-corrected chi connectivity index (χ2v) is 7.33. The second-order valence-electron chi connectivity index (χ2n) is 7.33. The fraction of sp³-hybridized carbons (Fsp3) is 0.524. The average Bonchev–Trinajstić information content (AvgIpc) is 3.17. The summed E-state index contributed by atoms with van der Waals surface area (Å²) in [5, 5.41) is 7.96. The van der Waals surface area contributed by atoms with Crippen molar-refractivity contribution in [1.82, 2.24) is 15.1 Å². The highest BCUT2D eigenvalue weighted by molar-refractivity contribution is 6.00. The van der Waals surface area contributed by atoms with E-state index in [2.05, 4.69) is 16.4 Å². The van der Waals surface area contributed by atoms with Crippen LogP contribution in [0.3, 0.4) is 0 Å². The highest BCUT2D eigenvalue weighted by atomic mass is 16.5. The van der Waals surface area contributed by atoms with Crippen LogP contribution in [-0.4, -0.2) is 55.7 Å². The number of hydrogen-bond donors (Lipinski definition) is 1. The van der Waals surface area contributed by atoms with Gasteiger partial charge in [-0.3, -0.25) is 9.48 Å². The highest BCUT2D eigenvalue weighted by Crippen LogP contribution is 2.30. The molecular weight excluding hydrogens is 356 g/mol. The van der Waals surface area contributed by atoms with Gasteiger partial charge in [-0.25, -0.2) is 0 Å². The number of aryl methyl sites for hydroxylation is 1. The Morgan fingerprint density at radius 3 is 2.96 bits per heavy atom. The Morgan fingerprint density at radius 1 is 1.32 bits per heavy atom. The van der Waals surface area contributed by atoms with Crippen molar-refractivity contribution in [2.24, 2.45) is 0 Å². The molecule has 2 aliphatic rings. The Bertz CT molecular complexity index is 814. The molecule has 28 heavy (non-hydrogen) atoms. The van der Waals surface area contributed by atoms with Gasteiger partial charge < -0.3 is 19.7 Å². The van der Waals surface area contributed by atoms with E-state index < -0.39 is 0 Å². The molecule has 150 valence electrons. The fourth-order valence-electron chi connectivity index (χ4n) is 4.02. The minimum Gasteiger partial charge on any atom is -0.383 e. The van der Waals surface area contributed by atoms with Crippen molar-refractivity contribution in [1.29, 1.82) is 0 Å². The Kier molecular flexibility index (Phi) is 5.92. The Morgan fingerprint density at radius 2 is 2.14 bits per heavy atom. The van der Waals surface area contributed by atoms with Crippen LogP contribution in [0.25, 0.3) is 0 Å². The molecular formula is C21H28N4O3. The first-order chi connectivity index (χ1) is 13.8. The molecule has 1 aromatic heterocycles. The average molecular weight is 384 g/mol. The Hall–Kier alpha value is -2.38. The van der Waals surface area contributed by atoms with Crippen molar-refractivity contribution in [3.05, 3.63) is 47.3 Å². The molecule has 0 saturated carbocycles. The summed E-state index contributed by atoms with van der Waals surface area (Å²) in [6, 6.07) is 7.79. The molecule has 4 rings (SSSR count). The van der Waals surface area contributed by atoms with Crippen molar-refractivity contribution in [2.75, 3.05) is 44.9 Å². The quantitative estimate of drug-likeness (QED) is 0.827. The van der Waals surface area contributed by atoms with E-state index in [1.54, 1.807) is 7.11 Å². The van der Waals surface area contributed by atoms with E-state index in [1.807, 2.05) is 28.9 Å². The summed E-state index contributed by atoms with van der Waals surface area (Å²) in [6.45, 7) is 4.36. The number of para-hydroxylation sites is 1. The normalized spacial score (nSPS) is 19.3. The van der Waals surface area contributed by atoms with Gasteiger partial charge in [0.1, 0.15) is 0 Å². The van der Waals surface area contributed by atoms with E-state index in [9.17, 15) is 4.79 Å². The molecule has 1 saturated heterocycles. The number of benzene rings is 1. The molecule has 1 fully saturated rings. The van der Waals surface area contributed by atoms with E-state index in [0.717, 1.165) is 55.8 Å². The lowest BCUT2D eigenvalue weighted by Crippen LogP contribution is -2.38. The summed E-state index contributed by atoms with van der Waals surface area (Å²) < 4.78 is 12.5. The molecule has 0 radical (unpaired) electrons. The number of hydrogen-bond acceptors (Lipinski definition) is 5. The van der Waals surface area contributed by atoms with Gasteiger partial charge in [0.2, 0.25) is 0 Å². The standard InChI is InChI=1S/C21H28N4O3/c1-27-12-11-25-15-16-5-4-7-18(20(16)23-25)22-21(26)17-6-2-3-8-19(17)24-9-13-28-14-10-24/h2-3,6,8,15,18H,4-5,7,9-14H2,1H3,(H,22,26)/t18-/m0/s1. The summed E-state index contributed by atoms with van der Waals surface area (Å²) in [7, 11) is 1.69. The number of carbonyl (C=O) groups is 1. The van der Waals surface area contributed by atoms with Gasteiger partial charge in [-0.2, -0.15) is 5.10 Å². The zero-order chi connectivity index (χ0) is 19.3. The second kappa shape index (κ2) is 8.75. The van der Waals surface area contributed by atoms with Gasteiger partial charge in [0, 0.05) is 32.1 Å². The molecule has 0 unspecified atom stereocenters. The number of rotatable bonds is 6. The number of nitrogens with zero attached hydrogens (tertiary/aromatic N) is 3. The van der Waals surface area contributed by atoms with Gasteiger partial charge in [0.15, 0.2) is 0 Å². The Balaban J connectivity index is 1.51. The van der Waals surface area contributed by atoms with E-state index in [0.29, 0.717) is 19.8 Å². The first-order valence-electron chi connectivity index (χ1n) is 10.0. The van der Waals surface area contributed by atoms with Crippen molar-refractivity contribution < 1.29 is 14.3 Å². The number of fused-ring (bicyclic) bond motifs is 1. The minimum atomic E-state index is -0.0437. The van der Waals surface area contributed by atoms with Crippen molar-refractivity contribution in [3.63, 3.8) is 0 Å². The SMILES string of the molecule is COCCn1cc2c(n1)[C@@H](NC(=O)c1ccccc1N1CCOCC1)CCC2. The molecule has 1 aliphatic heterocycles. The third kappa shape index (κ3) is 4.05. The van der Waals surface area contributed by atoms with Crippen LogP contribution < -0.4 is 10.2 Å². The maximum Gasteiger partial charge on any atom is 0.253 e. The molecule has 0 spiro atoms. The molecule has 2 heterocycles. The van der Waals surface area contributed by atoms with E-state index in [1.165, 1.54) is 5.56 Å². The molecule has 1 aliphatic carbocycles. The third-order valence-electron chi connectivity index (χ3n) is 5.47. The van der Waals surface area contributed by atoms with Gasteiger partial charge in [0.05, 0.1) is 43.7 Å². The molecule has 1 amide bonds. The molecule has 2 aromatic rings. The molecule has 1 aromatic carbocycles. The number of methoxy groups -OCH3 is 1. The lowest BCUT2D eigenvalue weighted by atomic mass is 9.93. The van der Waals surface area contributed by atoms with Gasteiger partial charge >= 0.3 is 0 Å². The molecule has 0 bridgehead atoms. The number of carbonyl (C=O) groups excluding carboxylic acids is 1. The zero-order valence-corrected chi connectivity index (χ0v) is 16.4. The lowest BCUT2D eigenvalue weighted by molar-refractivity contribution is 0.0930. The monoisotopic (exact) mass is 384 g/mol. The van der Waals surface area contributed by atoms with Crippen LogP contribution in [-0.2, 0) is 22.4 Å². The van der Waals surface area contributed by atoms with Gasteiger partial charge in [0.25, 0.3) is 5.91 Å². The van der Waals surface area contributed by atoms with Crippen LogP contribution in [0.15, 0.2) is 30.5 Å². The Labute approximate surface area is 165 Å². The van der Waals surface area contributed by atoms with Crippen LogP contribution >= 0.6 is 0 Å². The predicted molar refractivity (Wildman–Crippen MR) is 107 cm³/mol. The van der Waals surface area contributed by atoms with Gasteiger partial charge in [-0.15, -0.1) is 0 Å². The summed E-state index contributed by atoms with van der Waals surface area (Å²) >= 11 is 0. The molecule has 1 N–H and O–H groups in total. The number of ether oxygens (including phenoxy) is 2. The maximum absolute atomic E-state index is 13.1. The summed E-state index contributed by atoms with van der Waals surface area (Å²) in [6.07, 6.45) is 5.08. The highest BCUT2D eigenvalue weighted by Gasteiger charge is 2.27. The number of anilines is 1. The van der Waals surface area contributed by atoms with E-state index in [-0.39, 0.29) is 11.9 Å². The topological polar surface area (TPSA) is 68.6 Å². The fourth-order valence-corrected chi connectivity index (χ4v) is 4.02. The van der Waals surface area contributed by atoms with Crippen LogP contribution in [0.2, 0.25) is 0 Å². The number of morpholine rings is 1. The van der Waals surface area contributed by atoms with Crippen molar-refractivity contribution in [3.8, 4) is 0 Å². The first kappa shape index (κ1) is 19.0. The minimum absolute atomic E-state index is 0.0358. The predicted octanol–water partition coefficient (Wildman–Crippen LogP) is 2.17. The summed E-state index contributed by atoms with van der Waals surface area (Å²) in [4.78, 5) is 15.4. The van der Waals surface area contributed by atoms with E-state index >= 15 is 0 Å². The number of nitrogens with one attached hydrogen (secondary N) is 1. The molecule has 7 heteroatoms. The van der Waals surface area contributed by atoms with Crippen LogP contribution in [0.1, 0.15) is 40.5 Å². The molecule has 1 atom stereocenters.